The van der Waals surface area contributed by atoms with E-state index in [0.29, 0.717) is 6.54 Å². The lowest BCUT2D eigenvalue weighted by Gasteiger charge is -2.15. The van der Waals surface area contributed by atoms with Crippen molar-refractivity contribution in [2.75, 3.05) is 6.54 Å². The third kappa shape index (κ3) is 2.97. The van der Waals surface area contributed by atoms with Crippen molar-refractivity contribution in [3.05, 3.63) is 0 Å². The Morgan fingerprint density at radius 2 is 2.38 bits per heavy atom. The Bertz CT molecular complexity index is 182. The summed E-state index contributed by atoms with van der Waals surface area (Å²) >= 11 is 0. The van der Waals surface area contributed by atoms with Gasteiger partial charge in [-0.1, -0.05) is 6.42 Å². The second-order valence-electron chi connectivity index (χ2n) is 3.80. The van der Waals surface area contributed by atoms with Gasteiger partial charge in [0.2, 0.25) is 5.91 Å². The summed E-state index contributed by atoms with van der Waals surface area (Å²) in [5.41, 5.74) is 5.76. The van der Waals surface area contributed by atoms with Crippen molar-refractivity contribution in [2.24, 2.45) is 11.7 Å². The fraction of sp³-hybridized carbons (Fsp3) is 0.889. The molecule has 1 aliphatic carbocycles. The first-order valence-electron chi connectivity index (χ1n) is 4.82. The summed E-state index contributed by atoms with van der Waals surface area (Å²) in [4.78, 5) is 11.5. The maximum Gasteiger partial charge on any atom is 0.224 e. The topological polar surface area (TPSA) is 75.3 Å². The lowest BCUT2D eigenvalue weighted by atomic mass is 10.0. The van der Waals surface area contributed by atoms with E-state index in [1.165, 1.54) is 0 Å². The van der Waals surface area contributed by atoms with E-state index in [9.17, 15) is 4.79 Å². The molecule has 1 fully saturated rings. The van der Waals surface area contributed by atoms with Gasteiger partial charge in [-0.15, -0.1) is 0 Å². The van der Waals surface area contributed by atoms with Crippen molar-refractivity contribution in [1.82, 2.24) is 5.32 Å². The van der Waals surface area contributed by atoms with Gasteiger partial charge in [0.1, 0.15) is 0 Å². The van der Waals surface area contributed by atoms with Crippen LogP contribution in [0.1, 0.15) is 26.2 Å². The largest absolute Gasteiger partial charge is 0.392 e. The van der Waals surface area contributed by atoms with E-state index in [1.807, 2.05) is 0 Å². The number of aliphatic hydroxyl groups is 1. The molecule has 0 radical (unpaired) electrons. The lowest BCUT2D eigenvalue weighted by Crippen LogP contribution is -2.40. The average Bonchev–Trinajstić information content (AvgIpc) is 2.47. The zero-order valence-electron chi connectivity index (χ0n) is 7.99. The lowest BCUT2D eigenvalue weighted by molar-refractivity contribution is -0.125. The van der Waals surface area contributed by atoms with Crippen LogP contribution in [0.2, 0.25) is 0 Å². The third-order valence-corrected chi connectivity index (χ3v) is 2.48. The molecule has 4 nitrogen and oxygen atoms in total. The average molecular weight is 186 g/mol. The minimum Gasteiger partial charge on any atom is -0.392 e. The van der Waals surface area contributed by atoms with Crippen LogP contribution in [-0.2, 0) is 4.79 Å². The normalized spacial score (nSPS) is 30.1. The molecule has 76 valence electrons. The molecule has 0 aromatic carbocycles. The standard InChI is InChI=1S/C9H18N2O2/c1-6(12)5-11-9(13)7-3-2-4-8(7)10/h6-8,12H,2-5,10H2,1H3,(H,11,13). The Balaban J connectivity index is 2.30. The van der Waals surface area contributed by atoms with Crippen LogP contribution in [-0.4, -0.2) is 29.7 Å². The SMILES string of the molecule is CC(O)CNC(=O)C1CCCC1N. The molecule has 0 aliphatic heterocycles. The molecule has 0 spiro atoms. The molecule has 3 unspecified atom stereocenters. The maximum atomic E-state index is 11.5. The Morgan fingerprint density at radius 3 is 2.85 bits per heavy atom. The highest BCUT2D eigenvalue weighted by molar-refractivity contribution is 5.79. The molecule has 1 amide bonds. The molecule has 4 heteroatoms. The van der Waals surface area contributed by atoms with Gasteiger partial charge < -0.3 is 16.2 Å². The zero-order valence-corrected chi connectivity index (χ0v) is 7.99. The van der Waals surface area contributed by atoms with E-state index < -0.39 is 6.10 Å². The van der Waals surface area contributed by atoms with E-state index in [4.69, 9.17) is 10.8 Å². The quantitative estimate of drug-likeness (QED) is 0.562. The molecule has 13 heavy (non-hydrogen) atoms. The number of hydrogen-bond donors (Lipinski definition) is 3. The van der Waals surface area contributed by atoms with Gasteiger partial charge in [-0.3, -0.25) is 4.79 Å². The molecule has 1 aliphatic rings. The smallest absolute Gasteiger partial charge is 0.224 e. The summed E-state index contributed by atoms with van der Waals surface area (Å²) in [7, 11) is 0. The third-order valence-electron chi connectivity index (χ3n) is 2.48. The number of amides is 1. The van der Waals surface area contributed by atoms with Crippen molar-refractivity contribution in [2.45, 2.75) is 38.3 Å². The first-order valence-corrected chi connectivity index (χ1v) is 4.82. The van der Waals surface area contributed by atoms with Gasteiger partial charge in [-0.25, -0.2) is 0 Å². The highest BCUT2D eigenvalue weighted by Crippen LogP contribution is 2.23. The van der Waals surface area contributed by atoms with E-state index in [-0.39, 0.29) is 17.9 Å². The first kappa shape index (κ1) is 10.5. The second kappa shape index (κ2) is 4.58. The predicted octanol–water partition coefficient (Wildman–Crippen LogP) is -0.389. The van der Waals surface area contributed by atoms with Crippen LogP contribution < -0.4 is 11.1 Å². The number of carbonyl (C=O) groups excluding carboxylic acids is 1. The number of hydrogen-bond acceptors (Lipinski definition) is 3. The van der Waals surface area contributed by atoms with Crippen LogP contribution >= 0.6 is 0 Å². The maximum absolute atomic E-state index is 11.5. The van der Waals surface area contributed by atoms with Gasteiger partial charge in [-0.2, -0.15) is 0 Å². The van der Waals surface area contributed by atoms with Crippen molar-refractivity contribution in [3.8, 4) is 0 Å². The second-order valence-corrected chi connectivity index (χ2v) is 3.80. The van der Waals surface area contributed by atoms with Crippen LogP contribution in [0.25, 0.3) is 0 Å². The first-order chi connectivity index (χ1) is 6.11. The summed E-state index contributed by atoms with van der Waals surface area (Å²) in [6, 6.07) is 0.00833. The van der Waals surface area contributed by atoms with Crippen molar-refractivity contribution in [3.63, 3.8) is 0 Å². The number of aliphatic hydroxyl groups excluding tert-OH is 1. The van der Waals surface area contributed by atoms with Gasteiger partial charge in [0.15, 0.2) is 0 Å². The van der Waals surface area contributed by atoms with Gasteiger partial charge in [-0.05, 0) is 19.8 Å². The van der Waals surface area contributed by atoms with Crippen LogP contribution in [0.15, 0.2) is 0 Å². The molecule has 0 aromatic rings. The van der Waals surface area contributed by atoms with Crippen LogP contribution in [0.4, 0.5) is 0 Å². The van der Waals surface area contributed by atoms with E-state index in [2.05, 4.69) is 5.32 Å². The molecular weight excluding hydrogens is 168 g/mol. The zero-order chi connectivity index (χ0) is 9.84. The van der Waals surface area contributed by atoms with Gasteiger partial charge >= 0.3 is 0 Å². The fourth-order valence-electron chi connectivity index (χ4n) is 1.69. The number of carbonyl (C=O) groups is 1. The van der Waals surface area contributed by atoms with Gasteiger partial charge in [0.05, 0.1) is 12.0 Å². The predicted molar refractivity (Wildman–Crippen MR) is 50.0 cm³/mol. The summed E-state index contributed by atoms with van der Waals surface area (Å²) in [6.07, 6.45) is 2.37. The van der Waals surface area contributed by atoms with E-state index >= 15 is 0 Å². The summed E-state index contributed by atoms with van der Waals surface area (Å²) in [5.74, 6) is -0.0512. The Hall–Kier alpha value is -0.610. The Kier molecular flexibility index (Phi) is 3.69. The molecule has 3 atom stereocenters. The minimum absolute atomic E-state index is 0.00833. The molecule has 0 heterocycles. The Morgan fingerprint density at radius 1 is 1.69 bits per heavy atom. The molecule has 1 saturated carbocycles. The van der Waals surface area contributed by atoms with Crippen LogP contribution in [0, 0.1) is 5.92 Å². The molecule has 0 saturated heterocycles. The van der Waals surface area contributed by atoms with Crippen molar-refractivity contribution in [1.29, 1.82) is 0 Å². The van der Waals surface area contributed by atoms with Crippen LogP contribution in [0.5, 0.6) is 0 Å². The monoisotopic (exact) mass is 186 g/mol. The van der Waals surface area contributed by atoms with E-state index in [1.54, 1.807) is 6.92 Å². The fourth-order valence-corrected chi connectivity index (χ4v) is 1.69. The van der Waals surface area contributed by atoms with Gasteiger partial charge in [0.25, 0.3) is 0 Å². The summed E-state index contributed by atoms with van der Waals surface area (Å²) in [5, 5.41) is 11.6. The number of rotatable bonds is 3. The number of nitrogens with two attached hydrogens (primary N) is 1. The van der Waals surface area contributed by atoms with Gasteiger partial charge in [0, 0.05) is 12.6 Å². The van der Waals surface area contributed by atoms with Crippen LogP contribution in [0.3, 0.4) is 0 Å². The van der Waals surface area contributed by atoms with E-state index in [0.717, 1.165) is 19.3 Å². The molecule has 4 N–H and O–H groups in total. The molecule has 0 aromatic heterocycles. The highest BCUT2D eigenvalue weighted by Gasteiger charge is 2.29. The minimum atomic E-state index is -0.485. The number of nitrogens with one attached hydrogen (secondary N) is 1. The summed E-state index contributed by atoms with van der Waals surface area (Å²) in [6.45, 7) is 1.97. The Labute approximate surface area is 78.5 Å². The molecular formula is C9H18N2O2. The molecule has 1 rings (SSSR count). The van der Waals surface area contributed by atoms with Crippen molar-refractivity contribution < 1.29 is 9.90 Å². The molecule has 0 bridgehead atoms. The summed E-state index contributed by atoms with van der Waals surface area (Å²) < 4.78 is 0. The van der Waals surface area contributed by atoms with Crippen molar-refractivity contribution >= 4 is 5.91 Å². The highest BCUT2D eigenvalue weighted by atomic mass is 16.3.